The van der Waals surface area contributed by atoms with Gasteiger partial charge < -0.3 is 9.74 Å². The molecular formula is C15H26N4O. The lowest BCUT2D eigenvalue weighted by Gasteiger charge is -2.19. The summed E-state index contributed by atoms with van der Waals surface area (Å²) in [5, 5.41) is 11.4. The van der Waals surface area contributed by atoms with E-state index in [2.05, 4.69) is 48.1 Å². The minimum Gasteiger partial charge on any atom is -0.391 e. The number of oxime groups is 1. The lowest BCUT2D eigenvalue weighted by atomic mass is 10.1. The van der Waals surface area contributed by atoms with Crippen LogP contribution >= 0.6 is 0 Å². The minimum absolute atomic E-state index is 0.243. The summed E-state index contributed by atoms with van der Waals surface area (Å²) < 4.78 is 0. The number of hydrogen-bond donors (Lipinski definition) is 1. The summed E-state index contributed by atoms with van der Waals surface area (Å²) in [7, 11) is 2.16. The van der Waals surface area contributed by atoms with E-state index in [4.69, 9.17) is 4.84 Å². The zero-order valence-corrected chi connectivity index (χ0v) is 13.1. The molecule has 1 aliphatic heterocycles. The first-order valence-corrected chi connectivity index (χ1v) is 7.50. The maximum Gasteiger partial charge on any atom is 0.145 e. The SMILES string of the molecule is CCC1=NO[C@@H](CN(C)CCCc2c(C)n[nH]c2C)C1. The lowest BCUT2D eigenvalue weighted by molar-refractivity contribution is 0.0591. The summed E-state index contributed by atoms with van der Waals surface area (Å²) in [5.74, 6) is 0. The Hall–Kier alpha value is -1.36. The Kier molecular flexibility index (Phi) is 5.17. The van der Waals surface area contributed by atoms with Crippen molar-refractivity contribution >= 4 is 5.71 Å². The summed E-state index contributed by atoms with van der Waals surface area (Å²) in [5.41, 5.74) is 4.88. The van der Waals surface area contributed by atoms with E-state index in [0.29, 0.717) is 0 Å². The van der Waals surface area contributed by atoms with E-state index in [1.807, 2.05) is 0 Å². The van der Waals surface area contributed by atoms with Crippen LogP contribution in [0.5, 0.6) is 0 Å². The molecule has 0 bridgehead atoms. The molecule has 0 aromatic carbocycles. The summed E-state index contributed by atoms with van der Waals surface area (Å²) in [6, 6.07) is 0. The summed E-state index contributed by atoms with van der Waals surface area (Å²) in [6.07, 6.45) is 4.46. The Balaban J connectivity index is 1.67. The van der Waals surface area contributed by atoms with Crippen LogP contribution < -0.4 is 0 Å². The monoisotopic (exact) mass is 278 g/mol. The number of H-pyrrole nitrogens is 1. The zero-order valence-electron chi connectivity index (χ0n) is 13.1. The van der Waals surface area contributed by atoms with Gasteiger partial charge in [0, 0.05) is 18.7 Å². The number of hydrogen-bond acceptors (Lipinski definition) is 4. The molecule has 0 amide bonds. The van der Waals surface area contributed by atoms with Crippen LogP contribution in [0, 0.1) is 13.8 Å². The standard InChI is InChI=1S/C15H26N4O/c1-5-13-9-14(20-18-13)10-19(4)8-6-7-15-11(2)16-17-12(15)3/h14H,5-10H2,1-4H3,(H,16,17)/t14-/m1/s1. The number of nitrogens with zero attached hydrogens (tertiary/aromatic N) is 3. The molecule has 0 radical (unpaired) electrons. The van der Waals surface area contributed by atoms with E-state index >= 15 is 0 Å². The van der Waals surface area contributed by atoms with Crippen molar-refractivity contribution in [2.75, 3.05) is 20.1 Å². The van der Waals surface area contributed by atoms with Crippen LogP contribution in [-0.2, 0) is 11.3 Å². The highest BCUT2D eigenvalue weighted by Gasteiger charge is 2.21. The summed E-state index contributed by atoms with van der Waals surface area (Å²) >= 11 is 0. The molecule has 1 N–H and O–H groups in total. The van der Waals surface area contributed by atoms with Gasteiger partial charge in [0.15, 0.2) is 0 Å². The molecule has 1 aromatic heterocycles. The Bertz CT molecular complexity index is 447. The Morgan fingerprint density at radius 3 is 2.80 bits per heavy atom. The highest BCUT2D eigenvalue weighted by molar-refractivity contribution is 5.85. The molecule has 2 heterocycles. The van der Waals surface area contributed by atoms with Crippen molar-refractivity contribution in [2.24, 2.45) is 5.16 Å². The average Bonchev–Trinajstić information content (AvgIpc) is 2.99. The van der Waals surface area contributed by atoms with Crippen molar-refractivity contribution in [3.8, 4) is 0 Å². The first-order chi connectivity index (χ1) is 9.60. The Morgan fingerprint density at radius 2 is 2.20 bits per heavy atom. The third kappa shape index (κ3) is 3.82. The molecule has 0 unspecified atom stereocenters. The van der Waals surface area contributed by atoms with Gasteiger partial charge in [-0.3, -0.25) is 5.10 Å². The topological polar surface area (TPSA) is 53.5 Å². The normalized spacial score (nSPS) is 18.4. The second-order valence-corrected chi connectivity index (χ2v) is 5.72. The van der Waals surface area contributed by atoms with Crippen molar-refractivity contribution in [2.45, 2.75) is 52.6 Å². The molecule has 112 valence electrons. The number of likely N-dealkylation sites (N-methyl/N-ethyl adjacent to an activating group) is 1. The molecular weight excluding hydrogens is 252 g/mol. The van der Waals surface area contributed by atoms with Gasteiger partial charge >= 0.3 is 0 Å². The fourth-order valence-electron chi connectivity index (χ4n) is 2.70. The molecule has 0 saturated carbocycles. The molecule has 1 atom stereocenters. The van der Waals surface area contributed by atoms with E-state index in [9.17, 15) is 0 Å². The van der Waals surface area contributed by atoms with Crippen molar-refractivity contribution < 1.29 is 4.84 Å². The minimum atomic E-state index is 0.243. The van der Waals surface area contributed by atoms with Crippen molar-refractivity contribution in [1.82, 2.24) is 15.1 Å². The van der Waals surface area contributed by atoms with E-state index in [0.717, 1.165) is 44.5 Å². The highest BCUT2D eigenvalue weighted by Crippen LogP contribution is 2.15. The first-order valence-electron chi connectivity index (χ1n) is 7.50. The lowest BCUT2D eigenvalue weighted by Crippen LogP contribution is -2.30. The van der Waals surface area contributed by atoms with Crippen LogP contribution in [0.1, 0.15) is 43.1 Å². The number of aromatic amines is 1. The number of nitrogens with one attached hydrogen (secondary N) is 1. The maximum absolute atomic E-state index is 5.45. The maximum atomic E-state index is 5.45. The number of aromatic nitrogens is 2. The first kappa shape index (κ1) is 15.0. The van der Waals surface area contributed by atoms with Crippen LogP contribution in [0.15, 0.2) is 5.16 Å². The van der Waals surface area contributed by atoms with Crippen LogP contribution in [0.4, 0.5) is 0 Å². The van der Waals surface area contributed by atoms with Gasteiger partial charge in [0.25, 0.3) is 0 Å². The molecule has 2 rings (SSSR count). The third-order valence-corrected chi connectivity index (χ3v) is 3.96. The molecule has 0 saturated heterocycles. The molecule has 20 heavy (non-hydrogen) atoms. The van der Waals surface area contributed by atoms with Crippen LogP contribution in [0.2, 0.25) is 0 Å². The summed E-state index contributed by atoms with van der Waals surface area (Å²) in [6.45, 7) is 8.32. The van der Waals surface area contributed by atoms with E-state index in [1.54, 1.807) is 0 Å². The fraction of sp³-hybridized carbons (Fsp3) is 0.733. The fourth-order valence-corrected chi connectivity index (χ4v) is 2.70. The predicted molar refractivity (Wildman–Crippen MR) is 81.1 cm³/mol. The third-order valence-electron chi connectivity index (χ3n) is 3.96. The van der Waals surface area contributed by atoms with Crippen LogP contribution in [0.25, 0.3) is 0 Å². The van der Waals surface area contributed by atoms with Gasteiger partial charge in [-0.15, -0.1) is 0 Å². The highest BCUT2D eigenvalue weighted by atomic mass is 16.6. The second kappa shape index (κ2) is 6.88. The molecule has 1 aromatic rings. The van der Waals surface area contributed by atoms with Gasteiger partial charge in [0.2, 0.25) is 0 Å². The molecule has 5 heteroatoms. The number of aryl methyl sites for hydroxylation is 2. The van der Waals surface area contributed by atoms with Gasteiger partial charge in [0.1, 0.15) is 6.10 Å². The van der Waals surface area contributed by atoms with E-state index < -0.39 is 0 Å². The second-order valence-electron chi connectivity index (χ2n) is 5.72. The largest absolute Gasteiger partial charge is 0.391 e. The van der Waals surface area contributed by atoms with Gasteiger partial charge in [-0.25, -0.2) is 0 Å². The van der Waals surface area contributed by atoms with Crippen molar-refractivity contribution in [3.63, 3.8) is 0 Å². The van der Waals surface area contributed by atoms with Crippen LogP contribution in [0.3, 0.4) is 0 Å². The van der Waals surface area contributed by atoms with Gasteiger partial charge in [-0.2, -0.15) is 5.10 Å². The zero-order chi connectivity index (χ0) is 14.5. The van der Waals surface area contributed by atoms with Crippen LogP contribution in [-0.4, -0.2) is 47.1 Å². The molecule has 1 aliphatic rings. The quantitative estimate of drug-likeness (QED) is 0.833. The molecule has 0 fully saturated rings. The van der Waals surface area contributed by atoms with Gasteiger partial charge in [0.05, 0.1) is 11.4 Å². The van der Waals surface area contributed by atoms with Gasteiger partial charge in [-0.05, 0) is 52.3 Å². The van der Waals surface area contributed by atoms with Crippen molar-refractivity contribution in [3.05, 3.63) is 17.0 Å². The molecule has 0 spiro atoms. The van der Waals surface area contributed by atoms with Crippen molar-refractivity contribution in [1.29, 1.82) is 0 Å². The molecule has 0 aliphatic carbocycles. The average molecular weight is 278 g/mol. The smallest absolute Gasteiger partial charge is 0.145 e. The molecule has 5 nitrogen and oxygen atoms in total. The summed E-state index contributed by atoms with van der Waals surface area (Å²) in [4.78, 5) is 7.79. The Labute approximate surface area is 121 Å². The predicted octanol–water partition coefficient (Wildman–Crippen LogP) is 2.45. The van der Waals surface area contributed by atoms with E-state index in [-0.39, 0.29) is 6.10 Å². The number of rotatable bonds is 7. The Morgan fingerprint density at radius 1 is 1.40 bits per heavy atom. The van der Waals surface area contributed by atoms with Gasteiger partial charge in [-0.1, -0.05) is 12.1 Å². The van der Waals surface area contributed by atoms with E-state index in [1.165, 1.54) is 17.0 Å².